The molecular weight excluding hydrogens is 549 g/mol. The molecule has 10 heteroatoms. The second-order valence-corrected chi connectivity index (χ2v) is 15.5. The van der Waals surface area contributed by atoms with E-state index in [9.17, 15) is 14.7 Å². The zero-order valence-electron chi connectivity index (χ0n) is 22.5. The van der Waals surface area contributed by atoms with E-state index in [0.29, 0.717) is 27.3 Å². The molecular formula is C30H31ClFN3O4Si. The number of nitrogens with zero attached hydrogens (tertiary/aromatic N) is 2. The molecule has 3 heterocycles. The third kappa shape index (κ3) is 4.06. The lowest BCUT2D eigenvalue weighted by Crippen LogP contribution is -2.45. The van der Waals surface area contributed by atoms with Gasteiger partial charge in [0.15, 0.2) is 5.60 Å². The smallest absolute Gasteiger partial charge is 0.279 e. The van der Waals surface area contributed by atoms with Crippen LogP contribution in [0.4, 0.5) is 9.80 Å². The van der Waals surface area contributed by atoms with E-state index in [1.54, 1.807) is 36.2 Å². The van der Waals surface area contributed by atoms with Crippen molar-refractivity contribution in [1.82, 2.24) is 9.78 Å². The van der Waals surface area contributed by atoms with Crippen molar-refractivity contribution >= 4 is 42.5 Å². The number of hydrogen-bond donors (Lipinski definition) is 2. The summed E-state index contributed by atoms with van der Waals surface area (Å²) in [6, 6.07) is 20.1. The second kappa shape index (κ2) is 9.69. The lowest BCUT2D eigenvalue weighted by atomic mass is 9.82. The summed E-state index contributed by atoms with van der Waals surface area (Å²) < 4.78 is 23.7. The van der Waals surface area contributed by atoms with Crippen LogP contribution in [0.3, 0.4) is 0 Å². The number of halogens is 2. The maximum absolute atomic E-state index is 15.7. The van der Waals surface area contributed by atoms with E-state index in [2.05, 4.69) is 5.10 Å². The predicted octanol–water partition coefficient (Wildman–Crippen LogP) is 5.68. The first-order valence-electron chi connectivity index (χ1n) is 13.4. The number of aliphatic hydroxyl groups excluding tert-OH is 1. The molecule has 1 saturated heterocycles. The van der Waals surface area contributed by atoms with Crippen LogP contribution in [0.1, 0.15) is 24.5 Å². The second-order valence-electron chi connectivity index (χ2n) is 11.3. The molecule has 0 radical (unpaired) electrons. The Labute approximate surface area is 237 Å². The van der Waals surface area contributed by atoms with Crippen LogP contribution in [0.2, 0.25) is 23.7 Å². The summed E-state index contributed by atoms with van der Waals surface area (Å²) in [7, 11) is -3.27. The van der Waals surface area contributed by atoms with Gasteiger partial charge in [0.25, 0.3) is 11.5 Å². The lowest BCUT2D eigenvalue weighted by molar-refractivity contribution is -0.146. The molecule has 1 aromatic heterocycles. The third-order valence-electron chi connectivity index (χ3n) is 8.46. The van der Waals surface area contributed by atoms with Crippen molar-refractivity contribution in [2.45, 2.75) is 50.2 Å². The molecule has 2 aliphatic rings. The zero-order chi connectivity index (χ0) is 28.4. The van der Waals surface area contributed by atoms with Gasteiger partial charge in [-0.05, 0) is 67.5 Å². The lowest BCUT2D eigenvalue weighted by Gasteiger charge is -2.31. The monoisotopic (exact) mass is 579 g/mol. The summed E-state index contributed by atoms with van der Waals surface area (Å²) in [5.74, 6) is -0.696. The van der Waals surface area contributed by atoms with Gasteiger partial charge in [-0.25, -0.2) is 4.68 Å². The maximum atomic E-state index is 15.7. The SMILES string of the molecule is C[C@H]1[C@H]([Si](C)(C)F)[C@@H](CCO)O[C@]12C(=O)N(Cc1ccc(-n3[nH]c4ccccc4c3=O)cc1)c1ccc(Cl)cc12. The summed E-state index contributed by atoms with van der Waals surface area (Å²) in [5, 5.41) is 13.9. The van der Waals surface area contributed by atoms with Crippen molar-refractivity contribution in [3.8, 4) is 5.69 Å². The van der Waals surface area contributed by atoms with E-state index in [-0.39, 0.29) is 31.0 Å². The average Bonchev–Trinajstić information content (AvgIpc) is 3.49. The van der Waals surface area contributed by atoms with Crippen molar-refractivity contribution < 1.29 is 18.7 Å². The van der Waals surface area contributed by atoms with E-state index in [0.717, 1.165) is 11.1 Å². The number of amides is 1. The van der Waals surface area contributed by atoms with Crippen LogP contribution >= 0.6 is 11.6 Å². The van der Waals surface area contributed by atoms with Crippen LogP contribution in [0, 0.1) is 5.92 Å². The average molecular weight is 580 g/mol. The first kappa shape index (κ1) is 27.0. The van der Waals surface area contributed by atoms with Gasteiger partial charge < -0.3 is 18.9 Å². The first-order valence-corrected chi connectivity index (χ1v) is 16.8. The molecule has 208 valence electrons. The van der Waals surface area contributed by atoms with Crippen molar-refractivity contribution in [3.63, 3.8) is 0 Å². The molecule has 40 heavy (non-hydrogen) atoms. The molecule has 0 aliphatic carbocycles. The molecule has 3 aromatic carbocycles. The number of para-hydroxylation sites is 1. The Morgan fingerprint density at radius 1 is 1.10 bits per heavy atom. The van der Waals surface area contributed by atoms with Crippen LogP contribution in [0.5, 0.6) is 0 Å². The fourth-order valence-electron chi connectivity index (χ4n) is 6.75. The van der Waals surface area contributed by atoms with Crippen LogP contribution in [0.25, 0.3) is 16.6 Å². The normalized spacial score (nSPS) is 24.4. The van der Waals surface area contributed by atoms with Gasteiger partial charge in [-0.1, -0.05) is 42.8 Å². The zero-order valence-corrected chi connectivity index (χ0v) is 24.3. The van der Waals surface area contributed by atoms with Gasteiger partial charge in [-0.2, -0.15) is 0 Å². The molecule has 2 aliphatic heterocycles. The third-order valence-corrected chi connectivity index (χ3v) is 11.2. The van der Waals surface area contributed by atoms with Gasteiger partial charge in [0.05, 0.1) is 34.9 Å². The van der Waals surface area contributed by atoms with Crippen molar-refractivity contribution in [2.24, 2.45) is 5.92 Å². The fraction of sp³-hybridized carbons (Fsp3) is 0.333. The van der Waals surface area contributed by atoms with Crippen LogP contribution in [0.15, 0.2) is 71.5 Å². The van der Waals surface area contributed by atoms with Gasteiger partial charge >= 0.3 is 0 Å². The van der Waals surface area contributed by atoms with Gasteiger partial charge in [0.1, 0.15) is 0 Å². The van der Waals surface area contributed by atoms with Gasteiger partial charge in [0.2, 0.25) is 8.41 Å². The Bertz CT molecular complexity index is 1660. The highest BCUT2D eigenvalue weighted by molar-refractivity contribution is 6.72. The Morgan fingerprint density at radius 2 is 1.82 bits per heavy atom. The van der Waals surface area contributed by atoms with Gasteiger partial charge in [-0.3, -0.25) is 14.7 Å². The molecule has 0 saturated carbocycles. The van der Waals surface area contributed by atoms with E-state index in [1.165, 1.54) is 4.68 Å². The van der Waals surface area contributed by atoms with Crippen molar-refractivity contribution in [1.29, 1.82) is 0 Å². The van der Waals surface area contributed by atoms with Crippen LogP contribution in [-0.2, 0) is 21.7 Å². The van der Waals surface area contributed by atoms with E-state index in [4.69, 9.17) is 16.3 Å². The number of carbonyl (C=O) groups excluding carboxylic acids is 1. The van der Waals surface area contributed by atoms with Crippen LogP contribution in [-0.4, -0.2) is 41.9 Å². The summed E-state index contributed by atoms with van der Waals surface area (Å²) in [6.07, 6.45) is -0.314. The Kier molecular flexibility index (Phi) is 6.53. The van der Waals surface area contributed by atoms with Gasteiger partial charge in [0, 0.05) is 28.7 Å². The molecule has 1 amide bonds. The number of aromatic nitrogens is 2. The summed E-state index contributed by atoms with van der Waals surface area (Å²) >= 11 is 6.41. The number of rotatable bonds is 6. The minimum atomic E-state index is -3.27. The highest BCUT2D eigenvalue weighted by atomic mass is 35.5. The highest BCUT2D eigenvalue weighted by Crippen LogP contribution is 2.60. The van der Waals surface area contributed by atoms with Crippen molar-refractivity contribution in [3.05, 3.63) is 93.2 Å². The number of nitrogens with one attached hydrogen (secondary N) is 1. The largest absolute Gasteiger partial charge is 0.396 e. The maximum Gasteiger partial charge on any atom is 0.279 e. The Balaban J connectivity index is 1.36. The molecule has 0 unspecified atom stereocenters. The van der Waals surface area contributed by atoms with E-state index < -0.39 is 31.6 Å². The molecule has 2 N–H and O–H groups in total. The number of ether oxygens (including phenoxy) is 1. The number of aliphatic hydroxyl groups is 1. The predicted molar refractivity (Wildman–Crippen MR) is 156 cm³/mol. The highest BCUT2D eigenvalue weighted by Gasteiger charge is 2.66. The molecule has 7 nitrogen and oxygen atoms in total. The topological polar surface area (TPSA) is 87.6 Å². The summed E-state index contributed by atoms with van der Waals surface area (Å²) in [4.78, 5) is 28.8. The number of carbonyl (C=O) groups is 1. The fourth-order valence-corrected chi connectivity index (χ4v) is 9.46. The number of anilines is 1. The van der Waals surface area contributed by atoms with Crippen molar-refractivity contribution in [2.75, 3.05) is 11.5 Å². The number of hydrogen-bond acceptors (Lipinski definition) is 4. The minimum absolute atomic E-state index is 0.135. The summed E-state index contributed by atoms with van der Waals surface area (Å²) in [5.41, 5.74) is 1.63. The molecule has 0 bridgehead atoms. The molecule has 4 aromatic rings. The number of benzene rings is 3. The molecule has 4 atom stereocenters. The number of aromatic amines is 1. The van der Waals surface area contributed by atoms with Gasteiger partial charge in [-0.15, -0.1) is 0 Å². The molecule has 1 fully saturated rings. The minimum Gasteiger partial charge on any atom is -0.396 e. The van der Waals surface area contributed by atoms with E-state index in [1.807, 2.05) is 55.5 Å². The number of fused-ring (bicyclic) bond motifs is 3. The summed E-state index contributed by atoms with van der Waals surface area (Å²) in [6.45, 7) is 5.27. The van der Waals surface area contributed by atoms with E-state index >= 15 is 4.11 Å². The Morgan fingerprint density at radius 3 is 2.50 bits per heavy atom. The number of H-pyrrole nitrogens is 1. The first-order chi connectivity index (χ1) is 19.1. The molecule has 6 rings (SSSR count). The Hall–Kier alpha value is -3.24. The van der Waals surface area contributed by atoms with Crippen LogP contribution < -0.4 is 10.5 Å². The quantitative estimate of drug-likeness (QED) is 0.227. The molecule has 1 spiro atoms. The standard InChI is InChI=1S/C30H31ClFN3O4Si/c1-18-27(40(2,3)32)26(14-15-36)39-30(18)23-16-20(31)10-13-25(23)34(29(30)38)17-19-8-11-21(12-9-19)35-28(37)22-6-4-5-7-24(22)33-35/h4-13,16,18,26-27,33,36H,14-15,17H2,1-3H3/t18-,26+,27-,30+/m0/s1.